The molecule has 0 heterocycles. The van der Waals surface area contributed by atoms with Crippen molar-refractivity contribution in [3.63, 3.8) is 0 Å². The molecule has 4 nitrogen and oxygen atoms in total. The summed E-state index contributed by atoms with van der Waals surface area (Å²) in [6.07, 6.45) is 0. The van der Waals surface area contributed by atoms with Gasteiger partial charge in [0, 0.05) is 23.2 Å². The molecule has 4 heteroatoms. The van der Waals surface area contributed by atoms with Gasteiger partial charge in [-0.05, 0) is 32.0 Å². The molecule has 0 aliphatic rings. The topological polar surface area (TPSA) is 58.2 Å². The molecular weight excluding hydrogens is 228 g/mol. The van der Waals surface area contributed by atoms with Crippen LogP contribution in [0.1, 0.15) is 38.1 Å². The fraction of sp³-hybridized carbons (Fsp3) is 0.429. The number of nitrogens with one attached hydrogen (secondary N) is 2. The van der Waals surface area contributed by atoms with Crippen LogP contribution in [0.5, 0.6) is 0 Å². The molecule has 0 aromatic heterocycles. The van der Waals surface area contributed by atoms with E-state index < -0.39 is 0 Å². The summed E-state index contributed by atoms with van der Waals surface area (Å²) < 4.78 is 0. The van der Waals surface area contributed by atoms with Crippen molar-refractivity contribution in [3.05, 3.63) is 29.8 Å². The van der Waals surface area contributed by atoms with Crippen LogP contribution in [-0.2, 0) is 4.79 Å². The molecule has 98 valence electrons. The Morgan fingerprint density at radius 2 is 1.78 bits per heavy atom. The van der Waals surface area contributed by atoms with Gasteiger partial charge in [0.15, 0.2) is 0 Å². The summed E-state index contributed by atoms with van der Waals surface area (Å²) in [5.74, 6) is -0.278. The monoisotopic (exact) mass is 248 g/mol. The van der Waals surface area contributed by atoms with Crippen LogP contribution < -0.4 is 10.6 Å². The van der Waals surface area contributed by atoms with Crippen LogP contribution >= 0.6 is 0 Å². The highest BCUT2D eigenvalue weighted by Gasteiger charge is 2.10. The van der Waals surface area contributed by atoms with Gasteiger partial charge >= 0.3 is 0 Å². The summed E-state index contributed by atoms with van der Waals surface area (Å²) in [6, 6.07) is 7.02. The van der Waals surface area contributed by atoms with Crippen LogP contribution in [0, 0.1) is 5.92 Å². The third-order valence-electron chi connectivity index (χ3n) is 2.34. The number of rotatable bonds is 4. The molecule has 2 amide bonds. The lowest BCUT2D eigenvalue weighted by atomic mass is 10.1. The van der Waals surface area contributed by atoms with Gasteiger partial charge in [0.1, 0.15) is 0 Å². The van der Waals surface area contributed by atoms with E-state index in [9.17, 15) is 9.59 Å². The van der Waals surface area contributed by atoms with Crippen LogP contribution in [0.4, 0.5) is 5.69 Å². The molecule has 0 bridgehead atoms. The summed E-state index contributed by atoms with van der Waals surface area (Å²) in [5, 5.41) is 5.58. The standard InChI is InChI=1S/C14H20N2O2/c1-9(2)13(17)16-12-7-5-6-11(8-12)14(18)15-10(3)4/h5-10H,1-4H3,(H,15,18)(H,16,17). The summed E-state index contributed by atoms with van der Waals surface area (Å²) in [4.78, 5) is 23.4. The molecule has 0 aliphatic carbocycles. The zero-order chi connectivity index (χ0) is 13.7. The Morgan fingerprint density at radius 3 is 2.33 bits per heavy atom. The Kier molecular flexibility index (Phi) is 4.89. The maximum absolute atomic E-state index is 11.8. The van der Waals surface area contributed by atoms with Crippen LogP contribution in [0.25, 0.3) is 0 Å². The van der Waals surface area contributed by atoms with Crippen LogP contribution in [0.3, 0.4) is 0 Å². The molecule has 1 aromatic carbocycles. The first-order valence-corrected chi connectivity index (χ1v) is 6.12. The SMILES string of the molecule is CC(C)NC(=O)c1cccc(NC(=O)C(C)C)c1. The van der Waals surface area contributed by atoms with Crippen LogP contribution in [0.2, 0.25) is 0 Å². The van der Waals surface area contributed by atoms with Crippen molar-refractivity contribution in [2.75, 3.05) is 5.32 Å². The van der Waals surface area contributed by atoms with Gasteiger partial charge < -0.3 is 10.6 Å². The first-order valence-electron chi connectivity index (χ1n) is 6.12. The number of carbonyl (C=O) groups excluding carboxylic acids is 2. The van der Waals surface area contributed by atoms with E-state index in [1.165, 1.54) is 0 Å². The summed E-state index contributed by atoms with van der Waals surface area (Å²) >= 11 is 0. The van der Waals surface area contributed by atoms with Gasteiger partial charge in [-0.1, -0.05) is 19.9 Å². The Labute approximate surface area is 108 Å². The Balaban J connectivity index is 2.79. The molecule has 0 atom stereocenters. The van der Waals surface area contributed by atoms with Gasteiger partial charge in [-0.2, -0.15) is 0 Å². The smallest absolute Gasteiger partial charge is 0.251 e. The zero-order valence-corrected chi connectivity index (χ0v) is 11.3. The van der Waals surface area contributed by atoms with E-state index in [4.69, 9.17) is 0 Å². The van der Waals surface area contributed by atoms with E-state index >= 15 is 0 Å². The maximum atomic E-state index is 11.8. The van der Waals surface area contributed by atoms with E-state index in [0.717, 1.165) is 0 Å². The minimum absolute atomic E-state index is 0.0589. The second kappa shape index (κ2) is 6.19. The lowest BCUT2D eigenvalue weighted by molar-refractivity contribution is -0.118. The van der Waals surface area contributed by atoms with E-state index in [1.54, 1.807) is 24.3 Å². The average molecular weight is 248 g/mol. The fourth-order valence-electron chi connectivity index (χ4n) is 1.37. The lowest BCUT2D eigenvalue weighted by Gasteiger charge is -2.11. The van der Waals surface area contributed by atoms with Gasteiger partial charge in [0.25, 0.3) is 5.91 Å². The Hall–Kier alpha value is -1.84. The van der Waals surface area contributed by atoms with Crippen molar-refractivity contribution in [2.24, 2.45) is 5.92 Å². The lowest BCUT2D eigenvalue weighted by Crippen LogP contribution is -2.30. The van der Waals surface area contributed by atoms with Gasteiger partial charge in [0.05, 0.1) is 0 Å². The molecule has 1 aromatic rings. The molecule has 0 radical (unpaired) electrons. The summed E-state index contributed by atoms with van der Waals surface area (Å²) in [5.41, 5.74) is 1.19. The minimum Gasteiger partial charge on any atom is -0.350 e. The van der Waals surface area contributed by atoms with Gasteiger partial charge in [-0.15, -0.1) is 0 Å². The molecular formula is C14H20N2O2. The van der Waals surface area contributed by atoms with Crippen molar-refractivity contribution in [2.45, 2.75) is 33.7 Å². The first-order chi connectivity index (χ1) is 8.40. The highest BCUT2D eigenvalue weighted by Crippen LogP contribution is 2.12. The maximum Gasteiger partial charge on any atom is 0.251 e. The Bertz CT molecular complexity index is 439. The summed E-state index contributed by atoms with van der Waals surface area (Å²) in [6.45, 7) is 7.46. The molecule has 0 fully saturated rings. The molecule has 0 saturated carbocycles. The van der Waals surface area contributed by atoms with E-state index in [-0.39, 0.29) is 23.8 Å². The zero-order valence-electron chi connectivity index (χ0n) is 11.3. The normalized spacial score (nSPS) is 10.6. The number of benzene rings is 1. The van der Waals surface area contributed by atoms with Gasteiger partial charge in [-0.25, -0.2) is 0 Å². The predicted molar refractivity (Wildman–Crippen MR) is 72.5 cm³/mol. The second-order valence-electron chi connectivity index (χ2n) is 4.85. The highest BCUT2D eigenvalue weighted by atomic mass is 16.2. The average Bonchev–Trinajstić information content (AvgIpc) is 2.28. The van der Waals surface area contributed by atoms with Gasteiger partial charge in [-0.3, -0.25) is 9.59 Å². The van der Waals surface area contributed by atoms with Gasteiger partial charge in [0.2, 0.25) is 5.91 Å². The van der Waals surface area contributed by atoms with Crippen molar-refractivity contribution in [1.82, 2.24) is 5.32 Å². The number of carbonyl (C=O) groups is 2. The van der Waals surface area contributed by atoms with Crippen molar-refractivity contribution < 1.29 is 9.59 Å². The second-order valence-corrected chi connectivity index (χ2v) is 4.85. The predicted octanol–water partition coefficient (Wildman–Crippen LogP) is 2.42. The number of hydrogen-bond acceptors (Lipinski definition) is 2. The van der Waals surface area contributed by atoms with E-state index in [2.05, 4.69) is 10.6 Å². The minimum atomic E-state index is -0.134. The molecule has 1 rings (SSSR count). The van der Waals surface area contributed by atoms with E-state index in [0.29, 0.717) is 11.3 Å². The molecule has 18 heavy (non-hydrogen) atoms. The quantitative estimate of drug-likeness (QED) is 0.859. The number of amides is 2. The summed E-state index contributed by atoms with van der Waals surface area (Å²) in [7, 11) is 0. The van der Waals surface area contributed by atoms with Crippen molar-refractivity contribution in [1.29, 1.82) is 0 Å². The van der Waals surface area contributed by atoms with Crippen molar-refractivity contribution >= 4 is 17.5 Å². The van der Waals surface area contributed by atoms with E-state index in [1.807, 2.05) is 27.7 Å². The van der Waals surface area contributed by atoms with Crippen molar-refractivity contribution in [3.8, 4) is 0 Å². The fourth-order valence-corrected chi connectivity index (χ4v) is 1.37. The molecule has 0 spiro atoms. The molecule has 0 unspecified atom stereocenters. The molecule has 0 aliphatic heterocycles. The Morgan fingerprint density at radius 1 is 1.11 bits per heavy atom. The third-order valence-corrected chi connectivity index (χ3v) is 2.34. The number of hydrogen-bond donors (Lipinski definition) is 2. The van der Waals surface area contributed by atoms with Crippen LogP contribution in [0.15, 0.2) is 24.3 Å². The molecule has 0 saturated heterocycles. The highest BCUT2D eigenvalue weighted by molar-refractivity contribution is 5.97. The largest absolute Gasteiger partial charge is 0.350 e. The van der Waals surface area contributed by atoms with Crippen LogP contribution in [-0.4, -0.2) is 17.9 Å². The third kappa shape index (κ3) is 4.20. The number of anilines is 1. The molecule has 2 N–H and O–H groups in total. The first kappa shape index (κ1) is 14.2.